The Bertz CT molecular complexity index is 1230. The number of ether oxygens (including phenoxy) is 5. The predicted octanol–water partition coefficient (Wildman–Crippen LogP) is 3.58. The summed E-state index contributed by atoms with van der Waals surface area (Å²) in [6.45, 7) is 0.796. The van der Waals surface area contributed by atoms with Gasteiger partial charge in [0, 0.05) is 6.92 Å². The summed E-state index contributed by atoms with van der Waals surface area (Å²) in [7, 11) is 0. The van der Waals surface area contributed by atoms with Gasteiger partial charge in [0.25, 0.3) is 0 Å². The molecule has 1 aliphatic rings. The summed E-state index contributed by atoms with van der Waals surface area (Å²) in [6.07, 6.45) is -5.09. The molecule has 0 spiro atoms. The zero-order chi connectivity index (χ0) is 26.2. The number of rotatable bonds is 8. The number of carbonyl (C=O) groups is 4. The van der Waals surface area contributed by atoms with Gasteiger partial charge in [-0.05, 0) is 36.4 Å². The lowest BCUT2D eigenvalue weighted by atomic mass is 10.1. The molecule has 4 atom stereocenters. The van der Waals surface area contributed by atoms with Crippen molar-refractivity contribution in [2.45, 2.75) is 31.5 Å². The van der Waals surface area contributed by atoms with E-state index < -0.39 is 48.5 Å². The van der Waals surface area contributed by atoms with Crippen LogP contribution >= 0.6 is 0 Å². The second kappa shape index (κ2) is 12.0. The summed E-state index contributed by atoms with van der Waals surface area (Å²) in [6, 6.07) is 24.6. The Balaban J connectivity index is 1.58. The molecule has 37 heavy (non-hydrogen) atoms. The van der Waals surface area contributed by atoms with Crippen molar-refractivity contribution in [3.63, 3.8) is 0 Å². The summed E-state index contributed by atoms with van der Waals surface area (Å²) < 4.78 is 27.7. The third-order valence-corrected chi connectivity index (χ3v) is 5.44. The van der Waals surface area contributed by atoms with Gasteiger partial charge in [0.1, 0.15) is 12.7 Å². The molecule has 1 unspecified atom stereocenters. The van der Waals surface area contributed by atoms with Gasteiger partial charge in [-0.2, -0.15) is 0 Å². The fourth-order valence-corrected chi connectivity index (χ4v) is 3.70. The molecular formula is C28H24O9. The van der Waals surface area contributed by atoms with E-state index in [4.69, 9.17) is 23.7 Å². The maximum Gasteiger partial charge on any atom is 0.338 e. The number of esters is 4. The molecule has 0 radical (unpaired) electrons. The lowest BCUT2D eigenvalue weighted by Gasteiger charge is -2.24. The Kier molecular flexibility index (Phi) is 8.27. The standard InChI is InChI=1S/C28H24O9/c1-18(29)34-28-24(37-27(32)21-15-9-4-10-16-21)23(36-26(31)20-13-7-3-8-14-20)22(35-28)17-33-25(30)19-11-5-2-6-12-19/h2-16,22-24,28H,17H2,1H3/t22-,23+,24?,28-/m1/s1. The molecule has 3 aromatic rings. The number of carbonyl (C=O) groups excluding carboxylic acids is 4. The lowest BCUT2D eigenvalue weighted by Crippen LogP contribution is -2.42. The van der Waals surface area contributed by atoms with Crippen molar-refractivity contribution in [2.75, 3.05) is 6.61 Å². The minimum Gasteiger partial charge on any atom is -0.459 e. The van der Waals surface area contributed by atoms with E-state index in [2.05, 4.69) is 0 Å². The molecule has 0 bridgehead atoms. The first-order valence-electron chi connectivity index (χ1n) is 11.5. The topological polar surface area (TPSA) is 114 Å². The molecule has 0 aliphatic carbocycles. The molecular weight excluding hydrogens is 480 g/mol. The fraction of sp³-hybridized carbons (Fsp3) is 0.214. The molecule has 9 heteroatoms. The van der Waals surface area contributed by atoms with Crippen LogP contribution in [0.4, 0.5) is 0 Å². The fourth-order valence-electron chi connectivity index (χ4n) is 3.70. The van der Waals surface area contributed by atoms with Crippen LogP contribution in [0.3, 0.4) is 0 Å². The van der Waals surface area contributed by atoms with E-state index in [0.29, 0.717) is 5.56 Å². The molecule has 190 valence electrons. The van der Waals surface area contributed by atoms with Crippen LogP contribution in [0.1, 0.15) is 38.0 Å². The normalized spacial score (nSPS) is 20.5. The van der Waals surface area contributed by atoms with Crippen molar-refractivity contribution in [3.05, 3.63) is 108 Å². The van der Waals surface area contributed by atoms with Gasteiger partial charge in [-0.25, -0.2) is 14.4 Å². The van der Waals surface area contributed by atoms with Crippen molar-refractivity contribution in [1.29, 1.82) is 0 Å². The highest BCUT2D eigenvalue weighted by Crippen LogP contribution is 2.30. The van der Waals surface area contributed by atoms with E-state index >= 15 is 0 Å². The quantitative estimate of drug-likeness (QED) is 0.335. The number of benzene rings is 3. The van der Waals surface area contributed by atoms with E-state index in [1.807, 2.05) is 0 Å². The van der Waals surface area contributed by atoms with Gasteiger partial charge in [0.2, 0.25) is 12.4 Å². The first-order valence-corrected chi connectivity index (χ1v) is 11.5. The molecule has 3 aromatic carbocycles. The van der Waals surface area contributed by atoms with Crippen LogP contribution < -0.4 is 0 Å². The van der Waals surface area contributed by atoms with Gasteiger partial charge in [-0.3, -0.25) is 4.79 Å². The zero-order valence-corrected chi connectivity index (χ0v) is 19.9. The number of hydrogen-bond donors (Lipinski definition) is 0. The molecule has 1 heterocycles. The van der Waals surface area contributed by atoms with E-state index in [0.717, 1.165) is 6.92 Å². The van der Waals surface area contributed by atoms with Crippen molar-refractivity contribution >= 4 is 23.9 Å². The van der Waals surface area contributed by atoms with Crippen LogP contribution in [0.5, 0.6) is 0 Å². The summed E-state index contributed by atoms with van der Waals surface area (Å²) >= 11 is 0. The Hall–Kier alpha value is -4.50. The summed E-state index contributed by atoms with van der Waals surface area (Å²) in [5, 5.41) is 0. The maximum absolute atomic E-state index is 12.9. The van der Waals surface area contributed by atoms with Gasteiger partial charge in [-0.15, -0.1) is 0 Å². The van der Waals surface area contributed by atoms with Gasteiger partial charge < -0.3 is 23.7 Å². The van der Waals surface area contributed by atoms with Crippen LogP contribution in [0.15, 0.2) is 91.0 Å². The zero-order valence-electron chi connectivity index (χ0n) is 19.9. The van der Waals surface area contributed by atoms with E-state index in [-0.39, 0.29) is 17.7 Å². The molecule has 0 saturated carbocycles. The first kappa shape index (κ1) is 25.6. The summed E-state index contributed by atoms with van der Waals surface area (Å²) in [5.74, 6) is -2.81. The first-order chi connectivity index (χ1) is 17.9. The van der Waals surface area contributed by atoms with Gasteiger partial charge in [0.05, 0.1) is 16.7 Å². The number of hydrogen-bond acceptors (Lipinski definition) is 9. The average Bonchev–Trinajstić information content (AvgIpc) is 3.23. The maximum atomic E-state index is 12.9. The Morgan fingerprint density at radius 3 is 1.51 bits per heavy atom. The Morgan fingerprint density at radius 1 is 0.622 bits per heavy atom. The highest BCUT2D eigenvalue weighted by molar-refractivity contribution is 5.91. The van der Waals surface area contributed by atoms with Crippen molar-refractivity contribution in [3.8, 4) is 0 Å². The third-order valence-electron chi connectivity index (χ3n) is 5.44. The molecule has 1 saturated heterocycles. The van der Waals surface area contributed by atoms with E-state index in [1.165, 1.54) is 0 Å². The van der Waals surface area contributed by atoms with Gasteiger partial charge >= 0.3 is 23.9 Å². The highest BCUT2D eigenvalue weighted by atomic mass is 16.8. The second-order valence-electron chi connectivity index (χ2n) is 8.09. The Labute approximate surface area is 212 Å². The summed E-state index contributed by atoms with van der Waals surface area (Å²) in [5.41, 5.74) is 0.782. The molecule has 1 aliphatic heterocycles. The summed E-state index contributed by atoms with van der Waals surface area (Å²) in [4.78, 5) is 50.0. The second-order valence-corrected chi connectivity index (χ2v) is 8.09. The monoisotopic (exact) mass is 504 g/mol. The minimum absolute atomic E-state index is 0.233. The average molecular weight is 504 g/mol. The van der Waals surface area contributed by atoms with Crippen LogP contribution in [-0.2, 0) is 28.5 Å². The van der Waals surface area contributed by atoms with Crippen LogP contribution in [0.25, 0.3) is 0 Å². The van der Waals surface area contributed by atoms with Crippen LogP contribution in [-0.4, -0.2) is 55.1 Å². The molecule has 0 N–H and O–H groups in total. The van der Waals surface area contributed by atoms with Gasteiger partial charge in [-0.1, -0.05) is 54.6 Å². The van der Waals surface area contributed by atoms with Crippen molar-refractivity contribution in [2.24, 2.45) is 0 Å². The molecule has 0 amide bonds. The van der Waals surface area contributed by atoms with E-state index in [9.17, 15) is 19.2 Å². The predicted molar refractivity (Wildman–Crippen MR) is 128 cm³/mol. The largest absolute Gasteiger partial charge is 0.459 e. The Morgan fingerprint density at radius 2 is 1.05 bits per heavy atom. The highest BCUT2D eigenvalue weighted by Gasteiger charge is 2.52. The molecule has 0 aromatic heterocycles. The van der Waals surface area contributed by atoms with Gasteiger partial charge in [0.15, 0.2) is 6.10 Å². The van der Waals surface area contributed by atoms with Crippen LogP contribution in [0, 0.1) is 0 Å². The van der Waals surface area contributed by atoms with Crippen LogP contribution in [0.2, 0.25) is 0 Å². The lowest BCUT2D eigenvalue weighted by molar-refractivity contribution is -0.187. The van der Waals surface area contributed by atoms with Crippen molar-refractivity contribution in [1.82, 2.24) is 0 Å². The minimum atomic E-state index is -1.40. The smallest absolute Gasteiger partial charge is 0.338 e. The molecule has 1 fully saturated rings. The van der Waals surface area contributed by atoms with E-state index in [1.54, 1.807) is 91.0 Å². The third kappa shape index (κ3) is 6.59. The molecule has 4 rings (SSSR count). The SMILES string of the molecule is CC(=O)O[C@@H]1O[C@H](COC(=O)c2ccccc2)[C@H](OC(=O)c2ccccc2)C1OC(=O)c1ccccc1. The molecule has 9 nitrogen and oxygen atoms in total. The van der Waals surface area contributed by atoms with Crippen molar-refractivity contribution < 1.29 is 42.9 Å².